The van der Waals surface area contributed by atoms with Gasteiger partial charge in [0.2, 0.25) is 0 Å². The zero-order valence-electron chi connectivity index (χ0n) is 12.4. The molecule has 22 heavy (non-hydrogen) atoms. The van der Waals surface area contributed by atoms with Gasteiger partial charge in [-0.2, -0.15) is 0 Å². The van der Waals surface area contributed by atoms with Crippen LogP contribution in [0.1, 0.15) is 17.9 Å². The fourth-order valence-corrected chi connectivity index (χ4v) is 3.52. The SMILES string of the molecule is O[C@@H]1CCNC[C@H]1c1c(-c2ccccc2)[nH]c2ccccc12. The largest absolute Gasteiger partial charge is 0.392 e. The molecule has 0 saturated carbocycles. The highest BCUT2D eigenvalue weighted by Gasteiger charge is 2.29. The third-order valence-electron chi connectivity index (χ3n) is 4.63. The number of piperidine rings is 1. The highest BCUT2D eigenvalue weighted by molar-refractivity contribution is 5.91. The number of H-pyrrole nitrogens is 1. The van der Waals surface area contributed by atoms with Gasteiger partial charge in [0.15, 0.2) is 0 Å². The van der Waals surface area contributed by atoms with Crippen LogP contribution in [0.2, 0.25) is 0 Å². The molecule has 1 fully saturated rings. The number of para-hydroxylation sites is 1. The average molecular weight is 292 g/mol. The Labute approximate surface area is 130 Å². The van der Waals surface area contributed by atoms with Crippen molar-refractivity contribution in [3.63, 3.8) is 0 Å². The maximum absolute atomic E-state index is 10.5. The van der Waals surface area contributed by atoms with Crippen LogP contribution in [0.3, 0.4) is 0 Å². The van der Waals surface area contributed by atoms with E-state index < -0.39 is 0 Å². The lowest BCUT2D eigenvalue weighted by molar-refractivity contribution is 0.115. The van der Waals surface area contributed by atoms with E-state index in [-0.39, 0.29) is 12.0 Å². The van der Waals surface area contributed by atoms with E-state index in [4.69, 9.17) is 0 Å². The first-order chi connectivity index (χ1) is 10.8. The van der Waals surface area contributed by atoms with Crippen molar-refractivity contribution >= 4 is 10.9 Å². The van der Waals surface area contributed by atoms with Gasteiger partial charge in [-0.3, -0.25) is 0 Å². The van der Waals surface area contributed by atoms with Gasteiger partial charge in [-0.1, -0.05) is 48.5 Å². The van der Waals surface area contributed by atoms with Crippen molar-refractivity contribution in [2.45, 2.75) is 18.4 Å². The molecule has 0 amide bonds. The smallest absolute Gasteiger partial charge is 0.0634 e. The minimum atomic E-state index is -0.289. The summed E-state index contributed by atoms with van der Waals surface area (Å²) in [6, 6.07) is 18.8. The predicted molar refractivity (Wildman–Crippen MR) is 90.0 cm³/mol. The van der Waals surface area contributed by atoms with Crippen LogP contribution in [0.15, 0.2) is 54.6 Å². The van der Waals surface area contributed by atoms with Crippen LogP contribution in [0, 0.1) is 0 Å². The second-order valence-electron chi connectivity index (χ2n) is 5.99. The molecular formula is C19H20N2O. The van der Waals surface area contributed by atoms with Crippen molar-refractivity contribution in [1.29, 1.82) is 0 Å². The molecule has 0 spiro atoms. The first-order valence-electron chi connectivity index (χ1n) is 7.89. The fraction of sp³-hybridized carbons (Fsp3) is 0.263. The molecule has 4 rings (SSSR count). The highest BCUT2D eigenvalue weighted by atomic mass is 16.3. The van der Waals surface area contributed by atoms with Gasteiger partial charge in [0.05, 0.1) is 11.8 Å². The Morgan fingerprint density at radius 3 is 2.55 bits per heavy atom. The quantitative estimate of drug-likeness (QED) is 0.679. The number of aliphatic hydroxyl groups is 1. The number of aromatic amines is 1. The molecule has 0 unspecified atom stereocenters. The molecule has 1 aromatic heterocycles. The maximum Gasteiger partial charge on any atom is 0.0634 e. The van der Waals surface area contributed by atoms with E-state index in [0.29, 0.717) is 0 Å². The molecule has 0 bridgehead atoms. The first kappa shape index (κ1) is 13.6. The first-order valence-corrected chi connectivity index (χ1v) is 7.89. The maximum atomic E-state index is 10.5. The fourth-order valence-electron chi connectivity index (χ4n) is 3.52. The molecule has 2 atom stereocenters. The van der Waals surface area contributed by atoms with E-state index in [1.54, 1.807) is 0 Å². The van der Waals surface area contributed by atoms with Gasteiger partial charge < -0.3 is 15.4 Å². The Morgan fingerprint density at radius 1 is 0.955 bits per heavy atom. The molecule has 0 radical (unpaired) electrons. The normalized spacial score (nSPS) is 22.0. The molecule has 2 aromatic carbocycles. The third-order valence-corrected chi connectivity index (χ3v) is 4.63. The van der Waals surface area contributed by atoms with Gasteiger partial charge in [-0.25, -0.2) is 0 Å². The molecule has 3 N–H and O–H groups in total. The molecule has 1 saturated heterocycles. The number of benzene rings is 2. The van der Waals surface area contributed by atoms with Crippen LogP contribution in [-0.4, -0.2) is 29.3 Å². The molecule has 1 aliphatic heterocycles. The summed E-state index contributed by atoms with van der Waals surface area (Å²) in [7, 11) is 0. The molecular weight excluding hydrogens is 272 g/mol. The number of hydrogen-bond acceptors (Lipinski definition) is 2. The van der Waals surface area contributed by atoms with E-state index in [1.807, 2.05) is 12.1 Å². The number of aliphatic hydroxyl groups excluding tert-OH is 1. The van der Waals surface area contributed by atoms with E-state index in [9.17, 15) is 5.11 Å². The number of rotatable bonds is 2. The van der Waals surface area contributed by atoms with Gasteiger partial charge in [-0.15, -0.1) is 0 Å². The van der Waals surface area contributed by atoms with Crippen molar-refractivity contribution in [3.8, 4) is 11.3 Å². The van der Waals surface area contributed by atoms with Crippen LogP contribution >= 0.6 is 0 Å². The molecule has 3 aromatic rings. The number of aromatic nitrogens is 1. The molecule has 3 heteroatoms. The second-order valence-corrected chi connectivity index (χ2v) is 5.99. The van der Waals surface area contributed by atoms with E-state index in [0.717, 1.165) is 30.7 Å². The van der Waals surface area contributed by atoms with Crippen LogP contribution in [0.4, 0.5) is 0 Å². The molecule has 3 nitrogen and oxygen atoms in total. The zero-order chi connectivity index (χ0) is 14.9. The van der Waals surface area contributed by atoms with Gasteiger partial charge in [0.1, 0.15) is 0 Å². The minimum Gasteiger partial charge on any atom is -0.392 e. The highest BCUT2D eigenvalue weighted by Crippen LogP contribution is 2.38. The average Bonchev–Trinajstić information content (AvgIpc) is 2.95. The Balaban J connectivity index is 1.94. The Bertz CT molecular complexity index is 778. The predicted octanol–water partition coefficient (Wildman–Crippen LogP) is 3.27. The molecule has 112 valence electrons. The number of nitrogens with one attached hydrogen (secondary N) is 2. The minimum absolute atomic E-state index is 0.125. The summed E-state index contributed by atoms with van der Waals surface area (Å²) in [5.74, 6) is 0.125. The monoisotopic (exact) mass is 292 g/mol. The summed E-state index contributed by atoms with van der Waals surface area (Å²) in [5, 5.41) is 15.2. The summed E-state index contributed by atoms with van der Waals surface area (Å²) in [4.78, 5) is 3.56. The van der Waals surface area contributed by atoms with E-state index in [1.165, 1.54) is 16.5 Å². The third kappa shape index (κ3) is 2.23. The van der Waals surface area contributed by atoms with Gasteiger partial charge in [0.25, 0.3) is 0 Å². The lowest BCUT2D eigenvalue weighted by Crippen LogP contribution is -2.38. The number of fused-ring (bicyclic) bond motifs is 1. The molecule has 0 aliphatic carbocycles. The van der Waals surface area contributed by atoms with Gasteiger partial charge in [0, 0.05) is 23.4 Å². The van der Waals surface area contributed by atoms with Crippen molar-refractivity contribution in [1.82, 2.24) is 10.3 Å². The topological polar surface area (TPSA) is 48.0 Å². The number of hydrogen-bond donors (Lipinski definition) is 3. The summed E-state index contributed by atoms with van der Waals surface area (Å²) in [6.07, 6.45) is 0.515. The Kier molecular flexibility index (Phi) is 3.45. The summed E-state index contributed by atoms with van der Waals surface area (Å²) in [5.41, 5.74) is 4.68. The van der Waals surface area contributed by atoms with E-state index in [2.05, 4.69) is 52.8 Å². The summed E-state index contributed by atoms with van der Waals surface area (Å²) in [6.45, 7) is 1.71. The van der Waals surface area contributed by atoms with Crippen molar-refractivity contribution in [3.05, 3.63) is 60.2 Å². The van der Waals surface area contributed by atoms with Crippen LogP contribution in [0.5, 0.6) is 0 Å². The molecule has 2 heterocycles. The van der Waals surface area contributed by atoms with Crippen LogP contribution in [-0.2, 0) is 0 Å². The molecule has 1 aliphatic rings. The summed E-state index contributed by atoms with van der Waals surface area (Å²) < 4.78 is 0. The van der Waals surface area contributed by atoms with Crippen molar-refractivity contribution in [2.75, 3.05) is 13.1 Å². The van der Waals surface area contributed by atoms with Crippen molar-refractivity contribution < 1.29 is 5.11 Å². The van der Waals surface area contributed by atoms with Gasteiger partial charge >= 0.3 is 0 Å². The lowest BCUT2D eigenvalue weighted by Gasteiger charge is -2.29. The Hall–Kier alpha value is -2.10. The standard InChI is InChI=1S/C19H20N2O/c22-17-10-11-20-12-15(17)18-14-8-4-5-9-16(14)21-19(18)13-6-2-1-3-7-13/h1-9,15,17,20-22H,10-12H2/t15-,17-/m1/s1. The van der Waals surface area contributed by atoms with E-state index >= 15 is 0 Å². The van der Waals surface area contributed by atoms with Crippen molar-refractivity contribution in [2.24, 2.45) is 0 Å². The zero-order valence-corrected chi connectivity index (χ0v) is 12.4. The lowest BCUT2D eigenvalue weighted by atomic mass is 9.86. The Morgan fingerprint density at radius 2 is 1.73 bits per heavy atom. The van der Waals surface area contributed by atoms with Crippen LogP contribution in [0.25, 0.3) is 22.2 Å². The second kappa shape index (κ2) is 5.59. The summed E-state index contributed by atoms with van der Waals surface area (Å²) >= 11 is 0. The van der Waals surface area contributed by atoms with Gasteiger partial charge in [-0.05, 0) is 30.2 Å². The van der Waals surface area contributed by atoms with Crippen LogP contribution < -0.4 is 5.32 Å².